The van der Waals surface area contributed by atoms with Crippen molar-refractivity contribution in [2.24, 2.45) is 0 Å². The summed E-state index contributed by atoms with van der Waals surface area (Å²) in [4.78, 5) is 7.40. The number of pyridine rings is 1. The number of nitrogens with zero attached hydrogens (tertiary/aromatic N) is 4. The predicted molar refractivity (Wildman–Crippen MR) is 113 cm³/mol. The van der Waals surface area contributed by atoms with Gasteiger partial charge in [-0.15, -0.1) is 0 Å². The van der Waals surface area contributed by atoms with Crippen LogP contribution in [0.1, 0.15) is 59.6 Å². The zero-order valence-electron chi connectivity index (χ0n) is 17.5. The van der Waals surface area contributed by atoms with Crippen molar-refractivity contribution in [2.75, 3.05) is 6.54 Å². The zero-order valence-corrected chi connectivity index (χ0v) is 17.5. The van der Waals surface area contributed by atoms with Crippen LogP contribution >= 0.6 is 0 Å². The van der Waals surface area contributed by atoms with E-state index in [1.54, 1.807) is 12.1 Å². The van der Waals surface area contributed by atoms with Gasteiger partial charge in [-0.1, -0.05) is 12.1 Å². The molecule has 5 heteroatoms. The maximum absolute atomic E-state index is 13.6. The van der Waals surface area contributed by atoms with Crippen LogP contribution in [-0.4, -0.2) is 26.2 Å². The highest BCUT2D eigenvalue weighted by molar-refractivity contribution is 5.30. The summed E-state index contributed by atoms with van der Waals surface area (Å²) in [6.07, 6.45) is 5.04. The minimum Gasteiger partial charge on any atom is -0.290 e. The van der Waals surface area contributed by atoms with E-state index in [9.17, 15) is 4.39 Å². The van der Waals surface area contributed by atoms with E-state index < -0.39 is 0 Å². The van der Waals surface area contributed by atoms with E-state index in [1.165, 1.54) is 29.3 Å². The van der Waals surface area contributed by atoms with Crippen molar-refractivity contribution in [1.29, 1.82) is 0 Å². The second-order valence-corrected chi connectivity index (χ2v) is 8.05. The molecule has 0 aliphatic carbocycles. The fourth-order valence-electron chi connectivity index (χ4n) is 4.45. The van der Waals surface area contributed by atoms with Crippen LogP contribution in [0.2, 0.25) is 0 Å². The van der Waals surface area contributed by atoms with Crippen LogP contribution in [0.3, 0.4) is 0 Å². The highest BCUT2D eigenvalue weighted by Crippen LogP contribution is 2.33. The second-order valence-electron chi connectivity index (χ2n) is 8.05. The first-order valence-electron chi connectivity index (χ1n) is 10.5. The highest BCUT2D eigenvalue weighted by atomic mass is 19.1. The molecule has 29 heavy (non-hydrogen) atoms. The molecule has 1 atom stereocenters. The van der Waals surface area contributed by atoms with Crippen LogP contribution < -0.4 is 0 Å². The molecule has 0 unspecified atom stereocenters. The molecule has 1 saturated heterocycles. The molecule has 3 aromatic rings. The minimum atomic E-state index is -0.182. The quantitative estimate of drug-likeness (QED) is 0.593. The van der Waals surface area contributed by atoms with Gasteiger partial charge in [0.15, 0.2) is 0 Å². The molecule has 0 spiro atoms. The topological polar surface area (TPSA) is 34.0 Å². The molecule has 4 nitrogen and oxygen atoms in total. The van der Waals surface area contributed by atoms with Gasteiger partial charge in [0.05, 0.1) is 17.9 Å². The Morgan fingerprint density at radius 3 is 2.76 bits per heavy atom. The lowest BCUT2D eigenvalue weighted by atomic mass is 10.0. The molecule has 1 aromatic carbocycles. The van der Waals surface area contributed by atoms with Crippen molar-refractivity contribution in [2.45, 2.75) is 59.2 Å². The first-order chi connectivity index (χ1) is 14.0. The van der Waals surface area contributed by atoms with Gasteiger partial charge in [-0.05, 0) is 82.0 Å². The largest absolute Gasteiger partial charge is 0.290 e. The van der Waals surface area contributed by atoms with E-state index in [4.69, 9.17) is 4.98 Å². The predicted octanol–water partition coefficient (Wildman–Crippen LogP) is 4.98. The van der Waals surface area contributed by atoms with Crippen molar-refractivity contribution in [3.05, 3.63) is 82.2 Å². The van der Waals surface area contributed by atoms with E-state index >= 15 is 0 Å². The van der Waals surface area contributed by atoms with Gasteiger partial charge in [0, 0.05) is 30.0 Å². The molecule has 0 N–H and O–H groups in total. The first-order valence-corrected chi connectivity index (χ1v) is 10.5. The van der Waals surface area contributed by atoms with Gasteiger partial charge >= 0.3 is 0 Å². The first kappa shape index (κ1) is 19.8. The Bertz CT molecular complexity index is 994. The van der Waals surface area contributed by atoms with Gasteiger partial charge in [0.1, 0.15) is 5.82 Å². The average molecular weight is 393 g/mol. The number of halogens is 1. The zero-order chi connectivity index (χ0) is 20.4. The van der Waals surface area contributed by atoms with E-state index in [-0.39, 0.29) is 5.82 Å². The maximum Gasteiger partial charge on any atom is 0.123 e. The summed E-state index contributed by atoms with van der Waals surface area (Å²) in [7, 11) is 0. The number of aryl methyl sites for hydroxylation is 2. The van der Waals surface area contributed by atoms with Gasteiger partial charge in [-0.25, -0.2) is 4.39 Å². The lowest BCUT2D eigenvalue weighted by molar-refractivity contribution is 0.243. The third-order valence-corrected chi connectivity index (χ3v) is 5.91. The monoisotopic (exact) mass is 392 g/mol. The van der Waals surface area contributed by atoms with Crippen molar-refractivity contribution in [3.63, 3.8) is 0 Å². The van der Waals surface area contributed by atoms with Gasteiger partial charge in [-0.2, -0.15) is 5.10 Å². The standard InChI is InChI=1S/C24H29FN4/c1-4-29-18(3)21(15-26-29)16-28-10-6-9-24(28)23-14-20(11-17(2)27-23)12-19-7-5-8-22(25)13-19/h5,7-8,11,13-15,24H,4,6,9-10,12,16H2,1-3H3/t24-/m1/s1. The Kier molecular flexibility index (Phi) is 5.76. The average Bonchev–Trinajstić information content (AvgIpc) is 3.28. The summed E-state index contributed by atoms with van der Waals surface area (Å²) in [5.74, 6) is -0.182. The molecule has 0 bridgehead atoms. The Balaban J connectivity index is 1.56. The fraction of sp³-hybridized carbons (Fsp3) is 0.417. The summed E-state index contributed by atoms with van der Waals surface area (Å²) in [5, 5.41) is 4.50. The van der Waals surface area contributed by atoms with Gasteiger partial charge < -0.3 is 0 Å². The van der Waals surface area contributed by atoms with Crippen LogP contribution in [-0.2, 0) is 19.5 Å². The van der Waals surface area contributed by atoms with Crippen LogP contribution in [0.4, 0.5) is 4.39 Å². The van der Waals surface area contributed by atoms with E-state index in [0.717, 1.165) is 49.4 Å². The fourth-order valence-corrected chi connectivity index (χ4v) is 4.45. The smallest absolute Gasteiger partial charge is 0.123 e. The molecular weight excluding hydrogens is 363 g/mol. The molecule has 4 rings (SSSR count). The number of hydrogen-bond donors (Lipinski definition) is 0. The van der Waals surface area contributed by atoms with Crippen LogP contribution in [0.25, 0.3) is 0 Å². The van der Waals surface area contributed by atoms with Gasteiger partial charge in [0.25, 0.3) is 0 Å². The SMILES string of the molecule is CCn1ncc(CN2CCC[C@@H]2c2cc(Cc3cccc(F)c3)cc(C)n2)c1C. The number of likely N-dealkylation sites (tertiary alicyclic amines) is 1. The minimum absolute atomic E-state index is 0.182. The van der Waals surface area contributed by atoms with E-state index in [0.29, 0.717) is 6.04 Å². The Morgan fingerprint density at radius 2 is 2.00 bits per heavy atom. The molecular formula is C24H29FN4. The van der Waals surface area contributed by atoms with Crippen LogP contribution in [0.5, 0.6) is 0 Å². The second kappa shape index (κ2) is 8.46. The molecule has 1 aliphatic rings. The summed E-state index contributed by atoms with van der Waals surface area (Å²) in [6, 6.07) is 11.5. The molecule has 0 amide bonds. The third-order valence-electron chi connectivity index (χ3n) is 5.91. The van der Waals surface area contributed by atoms with Crippen LogP contribution in [0, 0.1) is 19.7 Å². The molecule has 0 radical (unpaired) electrons. The third kappa shape index (κ3) is 4.40. The Labute approximate surface area is 172 Å². The molecule has 3 heterocycles. The van der Waals surface area contributed by atoms with Gasteiger partial charge in [0.2, 0.25) is 0 Å². The van der Waals surface area contributed by atoms with Gasteiger partial charge in [-0.3, -0.25) is 14.6 Å². The van der Waals surface area contributed by atoms with E-state index in [1.807, 2.05) is 19.2 Å². The van der Waals surface area contributed by atoms with Crippen molar-refractivity contribution in [3.8, 4) is 0 Å². The molecule has 1 fully saturated rings. The molecule has 0 saturated carbocycles. The summed E-state index contributed by atoms with van der Waals surface area (Å²) >= 11 is 0. The summed E-state index contributed by atoms with van der Waals surface area (Å²) in [5.41, 5.74) is 6.89. The number of benzene rings is 1. The number of aromatic nitrogens is 3. The maximum atomic E-state index is 13.6. The van der Waals surface area contributed by atoms with Crippen molar-refractivity contribution in [1.82, 2.24) is 19.7 Å². The molecule has 2 aromatic heterocycles. The van der Waals surface area contributed by atoms with Crippen molar-refractivity contribution < 1.29 is 4.39 Å². The lowest BCUT2D eigenvalue weighted by Gasteiger charge is -2.24. The number of hydrogen-bond acceptors (Lipinski definition) is 3. The Morgan fingerprint density at radius 1 is 1.14 bits per heavy atom. The van der Waals surface area contributed by atoms with E-state index in [2.05, 4.69) is 40.7 Å². The number of rotatable bonds is 6. The van der Waals surface area contributed by atoms with Crippen molar-refractivity contribution >= 4 is 0 Å². The summed E-state index contributed by atoms with van der Waals surface area (Å²) < 4.78 is 15.6. The van der Waals surface area contributed by atoms with Crippen LogP contribution in [0.15, 0.2) is 42.6 Å². The Hall–Kier alpha value is -2.53. The lowest BCUT2D eigenvalue weighted by Crippen LogP contribution is -2.24. The normalized spacial score (nSPS) is 17.2. The molecule has 1 aliphatic heterocycles. The summed E-state index contributed by atoms with van der Waals surface area (Å²) in [6.45, 7) is 9.21. The highest BCUT2D eigenvalue weighted by Gasteiger charge is 2.28. The molecule has 152 valence electrons.